The minimum atomic E-state index is -4.53. The standard InChI is InChI=1S/C16H21F3N2O3.ClH/c1-23-12-4-3-11(13(9-12)16(17,18)19)10-21-14(22)15(24-2)5-7-20-8-6-15;/h3-4,9,20H,5-8,10H2,1-2H3,(H,21,22);1H. The van der Waals surface area contributed by atoms with E-state index in [-0.39, 0.29) is 30.3 Å². The van der Waals surface area contributed by atoms with Crippen LogP contribution < -0.4 is 15.4 Å². The van der Waals surface area contributed by atoms with Crippen molar-refractivity contribution in [1.29, 1.82) is 0 Å². The zero-order valence-corrected chi connectivity index (χ0v) is 14.9. The Bertz CT molecular complexity index is 590. The van der Waals surface area contributed by atoms with Crippen molar-refractivity contribution in [3.8, 4) is 5.75 Å². The van der Waals surface area contributed by atoms with Gasteiger partial charge < -0.3 is 20.1 Å². The lowest BCUT2D eigenvalue weighted by Gasteiger charge is -2.34. The van der Waals surface area contributed by atoms with Crippen LogP contribution in [0.15, 0.2) is 18.2 Å². The lowest BCUT2D eigenvalue weighted by Crippen LogP contribution is -2.54. The van der Waals surface area contributed by atoms with Crippen LogP contribution in [0.5, 0.6) is 5.75 Å². The molecule has 1 aliphatic heterocycles. The normalized spacial score (nSPS) is 16.7. The van der Waals surface area contributed by atoms with Crippen molar-refractivity contribution >= 4 is 18.3 Å². The summed E-state index contributed by atoms with van der Waals surface area (Å²) in [6.07, 6.45) is -3.57. The zero-order chi connectivity index (χ0) is 17.8. The van der Waals surface area contributed by atoms with Gasteiger partial charge in [-0.05, 0) is 43.6 Å². The van der Waals surface area contributed by atoms with E-state index in [0.717, 1.165) is 6.07 Å². The smallest absolute Gasteiger partial charge is 0.416 e. The van der Waals surface area contributed by atoms with Gasteiger partial charge in [0.15, 0.2) is 0 Å². The number of nitrogens with one attached hydrogen (secondary N) is 2. The molecule has 0 aromatic heterocycles. The van der Waals surface area contributed by atoms with Crippen molar-refractivity contribution in [2.75, 3.05) is 27.3 Å². The lowest BCUT2D eigenvalue weighted by atomic mass is 9.91. The van der Waals surface area contributed by atoms with Crippen LogP contribution in [-0.2, 0) is 22.3 Å². The summed E-state index contributed by atoms with van der Waals surface area (Å²) in [5, 5.41) is 5.70. The molecule has 5 nitrogen and oxygen atoms in total. The van der Waals surface area contributed by atoms with Crippen LogP contribution in [0.25, 0.3) is 0 Å². The van der Waals surface area contributed by atoms with Gasteiger partial charge in [-0.2, -0.15) is 13.2 Å². The number of carbonyl (C=O) groups excluding carboxylic acids is 1. The first-order chi connectivity index (χ1) is 11.3. The lowest BCUT2D eigenvalue weighted by molar-refractivity contribution is -0.147. The number of methoxy groups -OCH3 is 2. The summed E-state index contributed by atoms with van der Waals surface area (Å²) >= 11 is 0. The Kier molecular flexibility index (Phi) is 7.52. The summed E-state index contributed by atoms with van der Waals surface area (Å²) in [5.41, 5.74) is -1.83. The second-order valence-corrected chi connectivity index (χ2v) is 5.65. The summed E-state index contributed by atoms with van der Waals surface area (Å²) in [6, 6.07) is 3.68. The molecule has 0 atom stereocenters. The van der Waals surface area contributed by atoms with E-state index in [1.807, 2.05) is 0 Å². The summed E-state index contributed by atoms with van der Waals surface area (Å²) in [5.74, 6) is -0.278. The topological polar surface area (TPSA) is 59.6 Å². The predicted molar refractivity (Wildman–Crippen MR) is 88.9 cm³/mol. The van der Waals surface area contributed by atoms with Gasteiger partial charge in [-0.1, -0.05) is 6.07 Å². The highest BCUT2D eigenvalue weighted by atomic mass is 35.5. The molecular formula is C16H22ClF3N2O3. The Morgan fingerprint density at radius 1 is 1.28 bits per heavy atom. The summed E-state index contributed by atoms with van der Waals surface area (Å²) in [4.78, 5) is 12.4. The van der Waals surface area contributed by atoms with Gasteiger partial charge in [0.25, 0.3) is 5.91 Å². The number of alkyl halides is 3. The van der Waals surface area contributed by atoms with Crippen LogP contribution in [-0.4, -0.2) is 38.8 Å². The van der Waals surface area contributed by atoms with Crippen molar-refractivity contribution in [2.24, 2.45) is 0 Å². The third-order valence-electron chi connectivity index (χ3n) is 4.28. The molecule has 1 amide bonds. The SMILES string of the molecule is COc1ccc(CNC(=O)C2(OC)CCNCC2)c(C(F)(F)F)c1.Cl. The number of amides is 1. The maximum absolute atomic E-state index is 13.2. The molecule has 1 aromatic rings. The molecule has 0 spiro atoms. The fourth-order valence-corrected chi connectivity index (χ4v) is 2.79. The van der Waals surface area contributed by atoms with E-state index < -0.39 is 23.2 Å². The fourth-order valence-electron chi connectivity index (χ4n) is 2.79. The minimum absolute atomic E-state index is 0. The summed E-state index contributed by atoms with van der Waals surface area (Å²) in [6.45, 7) is 1.02. The molecule has 1 aliphatic rings. The average Bonchev–Trinajstić information content (AvgIpc) is 2.59. The van der Waals surface area contributed by atoms with E-state index in [0.29, 0.717) is 25.9 Å². The number of hydrogen-bond donors (Lipinski definition) is 2. The maximum Gasteiger partial charge on any atom is 0.416 e. The molecule has 0 saturated carbocycles. The van der Waals surface area contributed by atoms with Crippen molar-refractivity contribution in [3.05, 3.63) is 29.3 Å². The molecular weight excluding hydrogens is 361 g/mol. The van der Waals surface area contributed by atoms with Gasteiger partial charge in [0.2, 0.25) is 0 Å². The molecule has 0 aliphatic carbocycles. The fraction of sp³-hybridized carbons (Fsp3) is 0.562. The van der Waals surface area contributed by atoms with Gasteiger partial charge in [-0.15, -0.1) is 12.4 Å². The second kappa shape index (κ2) is 8.73. The second-order valence-electron chi connectivity index (χ2n) is 5.65. The molecule has 0 unspecified atom stereocenters. The third-order valence-corrected chi connectivity index (χ3v) is 4.28. The van der Waals surface area contributed by atoms with Crippen molar-refractivity contribution in [2.45, 2.75) is 31.2 Å². The summed E-state index contributed by atoms with van der Waals surface area (Å²) in [7, 11) is 2.75. The van der Waals surface area contributed by atoms with Crippen LogP contribution >= 0.6 is 12.4 Å². The first kappa shape index (κ1) is 21.5. The molecule has 9 heteroatoms. The van der Waals surface area contributed by atoms with Crippen molar-refractivity contribution < 1.29 is 27.4 Å². The van der Waals surface area contributed by atoms with E-state index in [1.54, 1.807) is 0 Å². The van der Waals surface area contributed by atoms with E-state index in [9.17, 15) is 18.0 Å². The predicted octanol–water partition coefficient (Wildman–Crippen LogP) is 2.52. The molecule has 0 radical (unpaired) electrons. The number of hydrogen-bond acceptors (Lipinski definition) is 4. The van der Waals surface area contributed by atoms with Crippen molar-refractivity contribution in [1.82, 2.24) is 10.6 Å². The molecule has 1 saturated heterocycles. The molecule has 1 aromatic carbocycles. The molecule has 2 rings (SSSR count). The number of piperidine rings is 1. The molecule has 0 bridgehead atoms. The molecule has 142 valence electrons. The van der Waals surface area contributed by atoms with Gasteiger partial charge in [0.05, 0.1) is 12.7 Å². The van der Waals surface area contributed by atoms with E-state index in [1.165, 1.54) is 26.4 Å². The Hall–Kier alpha value is -1.51. The molecule has 2 N–H and O–H groups in total. The molecule has 25 heavy (non-hydrogen) atoms. The number of rotatable bonds is 5. The quantitative estimate of drug-likeness (QED) is 0.821. The third kappa shape index (κ3) is 4.99. The van der Waals surface area contributed by atoms with Crippen LogP contribution in [0.2, 0.25) is 0 Å². The Balaban J connectivity index is 0.00000312. The monoisotopic (exact) mass is 382 g/mol. The number of halogens is 4. The minimum Gasteiger partial charge on any atom is -0.497 e. The Labute approximate surface area is 150 Å². The highest BCUT2D eigenvalue weighted by Crippen LogP contribution is 2.34. The van der Waals surface area contributed by atoms with Gasteiger partial charge in [-0.3, -0.25) is 4.79 Å². The van der Waals surface area contributed by atoms with Crippen LogP contribution in [0.4, 0.5) is 13.2 Å². The largest absolute Gasteiger partial charge is 0.497 e. The number of carbonyl (C=O) groups is 1. The Morgan fingerprint density at radius 3 is 2.44 bits per heavy atom. The van der Waals surface area contributed by atoms with Crippen LogP contribution in [0.3, 0.4) is 0 Å². The van der Waals surface area contributed by atoms with E-state index in [2.05, 4.69) is 10.6 Å². The van der Waals surface area contributed by atoms with Crippen LogP contribution in [0.1, 0.15) is 24.0 Å². The zero-order valence-electron chi connectivity index (χ0n) is 14.0. The first-order valence-electron chi connectivity index (χ1n) is 7.61. The van der Waals surface area contributed by atoms with E-state index >= 15 is 0 Å². The van der Waals surface area contributed by atoms with Gasteiger partial charge in [0, 0.05) is 13.7 Å². The maximum atomic E-state index is 13.2. The van der Waals surface area contributed by atoms with Gasteiger partial charge in [0.1, 0.15) is 11.4 Å². The van der Waals surface area contributed by atoms with E-state index in [4.69, 9.17) is 9.47 Å². The summed E-state index contributed by atoms with van der Waals surface area (Å²) < 4.78 is 49.8. The molecule has 1 fully saturated rings. The highest BCUT2D eigenvalue weighted by molar-refractivity contribution is 5.85. The number of benzene rings is 1. The van der Waals surface area contributed by atoms with Gasteiger partial charge >= 0.3 is 6.18 Å². The first-order valence-corrected chi connectivity index (χ1v) is 7.61. The van der Waals surface area contributed by atoms with Crippen LogP contribution in [0, 0.1) is 0 Å². The Morgan fingerprint density at radius 2 is 1.92 bits per heavy atom. The molecule has 1 heterocycles. The van der Waals surface area contributed by atoms with Gasteiger partial charge in [-0.25, -0.2) is 0 Å². The highest BCUT2D eigenvalue weighted by Gasteiger charge is 2.40. The average molecular weight is 383 g/mol. The van der Waals surface area contributed by atoms with Crippen molar-refractivity contribution in [3.63, 3.8) is 0 Å². The number of ether oxygens (including phenoxy) is 2.